The largest absolute Gasteiger partial charge is 0.479 e. The van der Waals surface area contributed by atoms with Gasteiger partial charge in [-0.15, -0.1) is 13.2 Å². The van der Waals surface area contributed by atoms with Crippen molar-refractivity contribution in [2.75, 3.05) is 13.2 Å². The van der Waals surface area contributed by atoms with Crippen molar-refractivity contribution in [2.24, 2.45) is 0 Å². The van der Waals surface area contributed by atoms with Crippen molar-refractivity contribution in [2.45, 2.75) is 36.8 Å². The molecule has 0 aliphatic heterocycles. The molecule has 0 radical (unpaired) electrons. The number of hydrogen-bond acceptors (Lipinski definition) is 6. The Hall–Kier alpha value is -1.25. The molecule has 4 atom stereocenters. The third-order valence-electron chi connectivity index (χ3n) is 3.22. The maximum Gasteiger partial charge on any atom is 0.338 e. The molecule has 0 saturated heterocycles. The molecule has 7 nitrogen and oxygen atoms in total. The Morgan fingerprint density at radius 3 is 2.25 bits per heavy atom. The van der Waals surface area contributed by atoms with Gasteiger partial charge in [-0.05, 0) is 13.3 Å². The summed E-state index contributed by atoms with van der Waals surface area (Å²) in [5.74, 6) is -1.53. The summed E-state index contributed by atoms with van der Waals surface area (Å²) in [7, 11) is 0. The highest BCUT2D eigenvalue weighted by Crippen LogP contribution is 2.35. The molecule has 0 unspecified atom stereocenters. The molecular formula is C13H22O7. The van der Waals surface area contributed by atoms with E-state index in [-0.39, 0.29) is 13.0 Å². The maximum atomic E-state index is 11.5. The fraction of sp³-hybridized carbons (Fsp3) is 0.615. The van der Waals surface area contributed by atoms with Crippen molar-refractivity contribution in [3.05, 3.63) is 25.3 Å². The van der Waals surface area contributed by atoms with E-state index in [0.717, 1.165) is 6.92 Å². The van der Waals surface area contributed by atoms with Crippen LogP contribution >= 0.6 is 0 Å². The summed E-state index contributed by atoms with van der Waals surface area (Å²) in [6, 6.07) is 0. The molecule has 0 aromatic heterocycles. The summed E-state index contributed by atoms with van der Waals surface area (Å²) in [6.07, 6.45) is -1.58. The predicted octanol–water partition coefficient (Wildman–Crippen LogP) is -0.946. The quantitative estimate of drug-likeness (QED) is 0.328. The van der Waals surface area contributed by atoms with Crippen LogP contribution in [0.4, 0.5) is 0 Å². The van der Waals surface area contributed by atoms with Crippen LogP contribution in [0.1, 0.15) is 13.3 Å². The van der Waals surface area contributed by atoms with Crippen LogP contribution in [0, 0.1) is 0 Å². The van der Waals surface area contributed by atoms with Crippen molar-refractivity contribution < 1.29 is 35.1 Å². The third kappa shape index (κ3) is 3.44. The van der Waals surface area contributed by atoms with Gasteiger partial charge in [-0.2, -0.15) is 0 Å². The van der Waals surface area contributed by atoms with Gasteiger partial charge in [-0.25, -0.2) is 4.79 Å². The van der Waals surface area contributed by atoms with E-state index in [1.54, 1.807) is 0 Å². The predicted molar refractivity (Wildman–Crippen MR) is 71.1 cm³/mol. The minimum atomic E-state index is -2.38. The van der Waals surface area contributed by atoms with Crippen molar-refractivity contribution >= 4 is 5.97 Å². The number of hydrogen-bond donors (Lipinski definition) is 5. The topological polar surface area (TPSA) is 127 Å². The first-order valence-electron chi connectivity index (χ1n) is 5.99. The number of carboxylic acid groups (broad SMARTS) is 1. The molecule has 7 heteroatoms. The van der Waals surface area contributed by atoms with Gasteiger partial charge in [0.15, 0.2) is 5.60 Å². The Balaban J connectivity index is 5.72. The Morgan fingerprint density at radius 1 is 1.35 bits per heavy atom. The summed E-state index contributed by atoms with van der Waals surface area (Å²) < 4.78 is 5.11. The monoisotopic (exact) mass is 290 g/mol. The standard InChI is InChI=1S/C13H22O7/c1-4-6-13(19,10(16)9(15)8-14)12(3,11(17)18)20-7-5-2/h4-5,9-10,14-16,19H,1-2,6-8H2,3H3,(H,17,18)/t9-,10-,12+,13+/m1/s1. The van der Waals surface area contributed by atoms with E-state index >= 15 is 0 Å². The minimum Gasteiger partial charge on any atom is -0.479 e. The first-order chi connectivity index (χ1) is 9.21. The molecule has 0 fully saturated rings. The Bertz CT molecular complexity index is 357. The lowest BCUT2D eigenvalue weighted by Gasteiger charge is -2.44. The van der Waals surface area contributed by atoms with Gasteiger partial charge in [0.25, 0.3) is 0 Å². The average Bonchev–Trinajstić information content (AvgIpc) is 2.42. The Morgan fingerprint density at radius 2 is 1.90 bits per heavy atom. The van der Waals surface area contributed by atoms with Gasteiger partial charge in [-0.1, -0.05) is 12.2 Å². The molecule has 20 heavy (non-hydrogen) atoms. The van der Waals surface area contributed by atoms with Crippen LogP contribution in [0.15, 0.2) is 25.3 Å². The summed E-state index contributed by atoms with van der Waals surface area (Å²) in [5, 5.41) is 48.2. The number of carboxylic acids is 1. The van der Waals surface area contributed by atoms with Gasteiger partial charge in [0.2, 0.25) is 0 Å². The first kappa shape index (κ1) is 18.8. The maximum absolute atomic E-state index is 11.5. The van der Waals surface area contributed by atoms with Gasteiger partial charge in [0.05, 0.1) is 13.2 Å². The van der Waals surface area contributed by atoms with E-state index in [2.05, 4.69) is 13.2 Å². The molecule has 116 valence electrons. The van der Waals surface area contributed by atoms with E-state index in [1.165, 1.54) is 12.2 Å². The lowest BCUT2D eigenvalue weighted by molar-refractivity contribution is -0.238. The van der Waals surface area contributed by atoms with Gasteiger partial charge < -0.3 is 30.3 Å². The summed E-state index contributed by atoms with van der Waals surface area (Å²) >= 11 is 0. The van der Waals surface area contributed by atoms with Crippen molar-refractivity contribution in [1.29, 1.82) is 0 Å². The number of aliphatic carboxylic acids is 1. The van der Waals surface area contributed by atoms with Crippen LogP contribution in [0.5, 0.6) is 0 Å². The van der Waals surface area contributed by atoms with Gasteiger partial charge in [0, 0.05) is 0 Å². The van der Waals surface area contributed by atoms with E-state index in [9.17, 15) is 25.2 Å². The van der Waals surface area contributed by atoms with E-state index in [1.807, 2.05) is 0 Å². The van der Waals surface area contributed by atoms with Crippen molar-refractivity contribution in [1.82, 2.24) is 0 Å². The number of rotatable bonds is 10. The van der Waals surface area contributed by atoms with Crippen LogP contribution in [-0.4, -0.2) is 68.1 Å². The molecule has 0 aliphatic rings. The molecule has 0 heterocycles. The zero-order valence-electron chi connectivity index (χ0n) is 11.4. The highest BCUT2D eigenvalue weighted by molar-refractivity contribution is 5.79. The average molecular weight is 290 g/mol. The number of aliphatic hydroxyl groups is 4. The zero-order chi connectivity index (χ0) is 16.0. The number of ether oxygens (including phenoxy) is 1. The SMILES string of the molecule is C=CCO[C@@](C)(C(=O)O)[C@](O)(CC=C)[C@H](O)[C@H](O)CO. The molecule has 0 rings (SSSR count). The molecule has 0 bridgehead atoms. The minimum absolute atomic E-state index is 0.190. The lowest BCUT2D eigenvalue weighted by Crippen LogP contribution is -2.67. The van der Waals surface area contributed by atoms with Crippen LogP contribution in [0.25, 0.3) is 0 Å². The van der Waals surface area contributed by atoms with E-state index in [4.69, 9.17) is 9.84 Å². The molecule has 0 amide bonds. The molecule has 0 aromatic carbocycles. The van der Waals surface area contributed by atoms with Gasteiger partial charge >= 0.3 is 5.97 Å². The fourth-order valence-corrected chi connectivity index (χ4v) is 1.83. The normalized spacial score (nSPS) is 20.2. The smallest absolute Gasteiger partial charge is 0.338 e. The van der Waals surface area contributed by atoms with Gasteiger partial charge in [0.1, 0.15) is 17.8 Å². The van der Waals surface area contributed by atoms with Crippen LogP contribution in [0.3, 0.4) is 0 Å². The number of carbonyl (C=O) groups is 1. The fourth-order valence-electron chi connectivity index (χ4n) is 1.83. The molecule has 0 aliphatic carbocycles. The second kappa shape index (κ2) is 7.51. The van der Waals surface area contributed by atoms with Crippen LogP contribution in [-0.2, 0) is 9.53 Å². The van der Waals surface area contributed by atoms with Crippen molar-refractivity contribution in [3.63, 3.8) is 0 Å². The Labute approximate surface area is 117 Å². The van der Waals surface area contributed by atoms with Crippen molar-refractivity contribution in [3.8, 4) is 0 Å². The summed E-state index contributed by atoms with van der Waals surface area (Å²) in [6.45, 7) is 6.78. The van der Waals surface area contributed by atoms with E-state index < -0.39 is 36.0 Å². The second-order valence-corrected chi connectivity index (χ2v) is 4.55. The second-order valence-electron chi connectivity index (χ2n) is 4.55. The van der Waals surface area contributed by atoms with Gasteiger partial charge in [-0.3, -0.25) is 0 Å². The Kier molecular flexibility index (Phi) is 7.04. The third-order valence-corrected chi connectivity index (χ3v) is 3.22. The highest BCUT2D eigenvalue weighted by atomic mass is 16.5. The molecule has 0 spiro atoms. The lowest BCUT2D eigenvalue weighted by atomic mass is 9.75. The highest BCUT2D eigenvalue weighted by Gasteiger charge is 2.58. The first-order valence-corrected chi connectivity index (χ1v) is 5.99. The zero-order valence-corrected chi connectivity index (χ0v) is 11.4. The molecule has 0 aromatic rings. The summed E-state index contributed by atoms with van der Waals surface area (Å²) in [4.78, 5) is 11.5. The summed E-state index contributed by atoms with van der Waals surface area (Å²) in [5.41, 5.74) is -4.61. The number of aliphatic hydroxyl groups excluding tert-OH is 3. The van der Waals surface area contributed by atoms with Crippen LogP contribution in [0.2, 0.25) is 0 Å². The molecular weight excluding hydrogens is 268 g/mol. The van der Waals surface area contributed by atoms with E-state index in [0.29, 0.717) is 0 Å². The van der Waals surface area contributed by atoms with Crippen LogP contribution < -0.4 is 0 Å². The molecule has 5 N–H and O–H groups in total. The molecule has 0 saturated carbocycles.